The molecule has 2 nitrogen and oxygen atoms in total. The van der Waals surface area contributed by atoms with Crippen LogP contribution in [0.15, 0.2) is 11.6 Å². The normalized spacial score (nSPS) is 15.8. The van der Waals surface area contributed by atoms with Gasteiger partial charge in [0.25, 0.3) is 0 Å². The Kier molecular flexibility index (Phi) is 8.47. The van der Waals surface area contributed by atoms with Gasteiger partial charge < -0.3 is 9.64 Å². The number of hydrogen-bond acceptors (Lipinski definition) is 4. The summed E-state index contributed by atoms with van der Waals surface area (Å²) < 4.78 is 5.02. The van der Waals surface area contributed by atoms with E-state index in [0.717, 1.165) is 18.9 Å². The molecule has 1 heterocycles. The molecule has 1 rings (SSSR count). The average Bonchev–Trinajstić information content (AvgIpc) is 2.76. The van der Waals surface area contributed by atoms with Crippen LogP contribution >= 0.6 is 23.5 Å². The van der Waals surface area contributed by atoms with E-state index < -0.39 is 0 Å². The van der Waals surface area contributed by atoms with E-state index in [-0.39, 0.29) is 0 Å². The first-order chi connectivity index (χ1) is 7.83. The molecule has 0 fully saturated rings. The van der Waals surface area contributed by atoms with E-state index in [1.165, 1.54) is 30.2 Å². The zero-order chi connectivity index (χ0) is 11.6. The fraction of sp³-hybridized carbons (Fsp3) is 0.833. The SMILES string of the molecule is COCCSCCCN(C)CC1=CCSC1. The largest absolute Gasteiger partial charge is 0.384 e. The predicted molar refractivity (Wildman–Crippen MR) is 76.7 cm³/mol. The highest BCUT2D eigenvalue weighted by atomic mass is 32.2. The third kappa shape index (κ3) is 6.84. The Labute approximate surface area is 108 Å². The topological polar surface area (TPSA) is 12.5 Å². The molecule has 0 unspecified atom stereocenters. The van der Waals surface area contributed by atoms with Crippen molar-refractivity contribution in [2.75, 3.05) is 56.9 Å². The lowest BCUT2D eigenvalue weighted by atomic mass is 10.2. The second kappa shape index (κ2) is 9.40. The summed E-state index contributed by atoms with van der Waals surface area (Å²) in [6, 6.07) is 0. The molecule has 0 saturated heterocycles. The van der Waals surface area contributed by atoms with E-state index in [2.05, 4.69) is 18.0 Å². The van der Waals surface area contributed by atoms with Gasteiger partial charge in [-0.1, -0.05) is 6.08 Å². The van der Waals surface area contributed by atoms with E-state index in [1.807, 2.05) is 23.5 Å². The van der Waals surface area contributed by atoms with Gasteiger partial charge in [0.1, 0.15) is 0 Å². The molecule has 0 saturated carbocycles. The first-order valence-electron chi connectivity index (χ1n) is 5.84. The molecule has 4 heteroatoms. The Balaban J connectivity index is 1.91. The van der Waals surface area contributed by atoms with Gasteiger partial charge in [0.15, 0.2) is 0 Å². The Morgan fingerprint density at radius 2 is 2.38 bits per heavy atom. The smallest absolute Gasteiger partial charge is 0.0552 e. The van der Waals surface area contributed by atoms with Crippen molar-refractivity contribution in [1.82, 2.24) is 4.90 Å². The quantitative estimate of drug-likeness (QED) is 0.466. The molecule has 0 radical (unpaired) electrons. The van der Waals surface area contributed by atoms with Crippen LogP contribution in [0.1, 0.15) is 6.42 Å². The number of ether oxygens (including phenoxy) is 1. The van der Waals surface area contributed by atoms with Crippen molar-refractivity contribution in [3.8, 4) is 0 Å². The van der Waals surface area contributed by atoms with Crippen molar-refractivity contribution >= 4 is 23.5 Å². The van der Waals surface area contributed by atoms with E-state index in [4.69, 9.17) is 4.74 Å². The number of likely N-dealkylation sites (N-methyl/N-ethyl adjacent to an activating group) is 1. The summed E-state index contributed by atoms with van der Waals surface area (Å²) in [5.41, 5.74) is 1.61. The summed E-state index contributed by atoms with van der Waals surface area (Å²) in [4.78, 5) is 2.44. The highest BCUT2D eigenvalue weighted by Gasteiger charge is 2.07. The van der Waals surface area contributed by atoms with Crippen molar-refractivity contribution in [3.05, 3.63) is 11.6 Å². The van der Waals surface area contributed by atoms with Crippen LogP contribution in [-0.4, -0.2) is 61.8 Å². The van der Waals surface area contributed by atoms with Crippen LogP contribution < -0.4 is 0 Å². The number of nitrogens with zero attached hydrogens (tertiary/aromatic N) is 1. The van der Waals surface area contributed by atoms with Crippen LogP contribution in [0, 0.1) is 0 Å². The highest BCUT2D eigenvalue weighted by molar-refractivity contribution is 7.99. The number of rotatable bonds is 9. The summed E-state index contributed by atoms with van der Waals surface area (Å²) in [6.07, 6.45) is 3.67. The van der Waals surface area contributed by atoms with Crippen LogP contribution in [0.3, 0.4) is 0 Å². The molecule has 0 bridgehead atoms. The van der Waals surface area contributed by atoms with Crippen LogP contribution in [-0.2, 0) is 4.74 Å². The average molecular weight is 261 g/mol. The van der Waals surface area contributed by atoms with Crippen molar-refractivity contribution in [3.63, 3.8) is 0 Å². The second-order valence-corrected chi connectivity index (χ2v) is 6.33. The summed E-state index contributed by atoms with van der Waals surface area (Å²) in [7, 11) is 3.99. The van der Waals surface area contributed by atoms with Crippen LogP contribution in [0.2, 0.25) is 0 Å². The lowest BCUT2D eigenvalue weighted by Gasteiger charge is -2.16. The van der Waals surface area contributed by atoms with Crippen molar-refractivity contribution in [2.24, 2.45) is 0 Å². The summed E-state index contributed by atoms with van der Waals surface area (Å²) in [5.74, 6) is 4.84. The van der Waals surface area contributed by atoms with Crippen molar-refractivity contribution in [2.45, 2.75) is 6.42 Å². The van der Waals surface area contributed by atoms with Crippen LogP contribution in [0.25, 0.3) is 0 Å². The molecule has 94 valence electrons. The van der Waals surface area contributed by atoms with E-state index in [9.17, 15) is 0 Å². The Bertz CT molecular complexity index is 209. The number of thioether (sulfide) groups is 2. The molecule has 1 aliphatic heterocycles. The number of hydrogen-bond donors (Lipinski definition) is 0. The van der Waals surface area contributed by atoms with Gasteiger partial charge >= 0.3 is 0 Å². The maximum atomic E-state index is 5.02. The molecule has 0 amide bonds. The van der Waals surface area contributed by atoms with Gasteiger partial charge in [-0.05, 0) is 31.3 Å². The minimum absolute atomic E-state index is 0.880. The highest BCUT2D eigenvalue weighted by Crippen LogP contribution is 2.17. The molecule has 0 aromatic carbocycles. The summed E-state index contributed by atoms with van der Waals surface area (Å²) in [6.45, 7) is 3.25. The molecule has 1 aliphatic rings. The minimum Gasteiger partial charge on any atom is -0.384 e. The first-order valence-corrected chi connectivity index (χ1v) is 8.14. The van der Waals surface area contributed by atoms with E-state index >= 15 is 0 Å². The monoisotopic (exact) mass is 261 g/mol. The van der Waals surface area contributed by atoms with Gasteiger partial charge in [-0.15, -0.1) is 0 Å². The molecule has 0 atom stereocenters. The standard InChI is InChI=1S/C12H23NOS2/c1-13(10-12-4-8-16-11-12)5-3-7-15-9-6-14-2/h4H,3,5-11H2,1-2H3. The van der Waals surface area contributed by atoms with Gasteiger partial charge in [-0.2, -0.15) is 23.5 Å². The van der Waals surface area contributed by atoms with Gasteiger partial charge in [0.2, 0.25) is 0 Å². The van der Waals surface area contributed by atoms with E-state index in [1.54, 1.807) is 12.7 Å². The minimum atomic E-state index is 0.880. The van der Waals surface area contributed by atoms with Gasteiger partial charge in [-0.25, -0.2) is 0 Å². The lowest BCUT2D eigenvalue weighted by Crippen LogP contribution is -2.23. The molecule has 0 spiro atoms. The summed E-state index contributed by atoms with van der Waals surface area (Å²) in [5, 5.41) is 0. The third-order valence-electron chi connectivity index (χ3n) is 2.51. The van der Waals surface area contributed by atoms with Crippen molar-refractivity contribution in [1.29, 1.82) is 0 Å². The van der Waals surface area contributed by atoms with Crippen LogP contribution in [0.4, 0.5) is 0 Å². The fourth-order valence-corrected chi connectivity index (χ4v) is 3.41. The maximum absolute atomic E-state index is 5.02. The van der Waals surface area contributed by atoms with Gasteiger partial charge in [0.05, 0.1) is 6.61 Å². The zero-order valence-electron chi connectivity index (χ0n) is 10.4. The molecule has 0 aromatic heterocycles. The van der Waals surface area contributed by atoms with Crippen molar-refractivity contribution < 1.29 is 4.74 Å². The predicted octanol–water partition coefficient (Wildman–Crippen LogP) is 2.36. The molecular weight excluding hydrogens is 238 g/mol. The molecule has 0 aromatic rings. The zero-order valence-corrected chi connectivity index (χ0v) is 12.0. The number of methoxy groups -OCH3 is 1. The lowest BCUT2D eigenvalue weighted by molar-refractivity contribution is 0.218. The molecule has 0 N–H and O–H groups in total. The second-order valence-electron chi connectivity index (χ2n) is 4.07. The van der Waals surface area contributed by atoms with E-state index in [0.29, 0.717) is 0 Å². The molecule has 0 aliphatic carbocycles. The van der Waals surface area contributed by atoms with Gasteiger partial charge in [0, 0.05) is 30.9 Å². The van der Waals surface area contributed by atoms with Crippen LogP contribution in [0.5, 0.6) is 0 Å². The Morgan fingerprint density at radius 1 is 1.50 bits per heavy atom. The molecule has 16 heavy (non-hydrogen) atoms. The summed E-state index contributed by atoms with van der Waals surface area (Å²) >= 11 is 4.02. The third-order valence-corrected chi connectivity index (χ3v) is 4.52. The Morgan fingerprint density at radius 3 is 3.06 bits per heavy atom. The maximum Gasteiger partial charge on any atom is 0.0552 e. The Hall–Kier alpha value is 0.360. The molecular formula is C12H23NOS2. The van der Waals surface area contributed by atoms with Gasteiger partial charge in [-0.3, -0.25) is 0 Å². The first kappa shape index (κ1) is 14.4. The fourth-order valence-electron chi connectivity index (χ4n) is 1.64.